The minimum Gasteiger partial charge on any atom is -0.469 e. The van der Waals surface area contributed by atoms with Crippen molar-refractivity contribution in [3.63, 3.8) is 0 Å². The Kier molecular flexibility index (Phi) is 13.1. The van der Waals surface area contributed by atoms with E-state index < -0.39 is 16.6 Å². The minimum atomic E-state index is -2.05. The van der Waals surface area contributed by atoms with Crippen LogP contribution in [-0.2, 0) is 23.2 Å². The van der Waals surface area contributed by atoms with E-state index >= 15 is 0 Å². The zero-order valence-electron chi connectivity index (χ0n) is 29.2. The highest BCUT2D eigenvalue weighted by atomic mass is 28.4. The van der Waals surface area contributed by atoms with Crippen LogP contribution in [0.4, 0.5) is 0 Å². The van der Waals surface area contributed by atoms with Gasteiger partial charge in [-0.25, -0.2) is 0 Å². The molecular formula is C35H64O5Si2. The van der Waals surface area contributed by atoms with Gasteiger partial charge < -0.3 is 13.6 Å². The summed E-state index contributed by atoms with van der Waals surface area (Å²) in [4.78, 5) is 24.8. The van der Waals surface area contributed by atoms with E-state index in [0.29, 0.717) is 25.0 Å². The molecule has 2 rings (SSSR count). The molecule has 1 unspecified atom stereocenters. The molecule has 7 heteroatoms. The molecule has 0 aromatic rings. The Morgan fingerprint density at radius 1 is 1.00 bits per heavy atom. The van der Waals surface area contributed by atoms with E-state index in [1.54, 1.807) is 0 Å². The minimum absolute atomic E-state index is 0.0684. The fraction of sp³-hybridized carbons (Fsp3) is 0.829. The van der Waals surface area contributed by atoms with Crippen LogP contribution in [0.5, 0.6) is 0 Å². The van der Waals surface area contributed by atoms with Gasteiger partial charge in [0.25, 0.3) is 0 Å². The molecule has 2 saturated carbocycles. The summed E-state index contributed by atoms with van der Waals surface area (Å²) in [5.41, 5.74) is 0.273. The summed E-state index contributed by atoms with van der Waals surface area (Å²) >= 11 is 0. The molecule has 0 aromatic carbocycles. The third kappa shape index (κ3) is 9.49. The number of unbranched alkanes of at least 4 members (excludes halogenated alkanes) is 1. The lowest BCUT2D eigenvalue weighted by molar-refractivity contribution is -0.140. The highest BCUT2D eigenvalue weighted by Gasteiger charge is 2.49. The lowest BCUT2D eigenvalue weighted by atomic mass is 9.63. The van der Waals surface area contributed by atoms with Gasteiger partial charge in [0.1, 0.15) is 5.78 Å². The number of rotatable bonds is 15. The molecule has 2 fully saturated rings. The number of ether oxygens (including phenoxy) is 1. The van der Waals surface area contributed by atoms with Gasteiger partial charge in [0.05, 0.1) is 19.3 Å². The van der Waals surface area contributed by atoms with Crippen LogP contribution in [0.15, 0.2) is 24.3 Å². The standard InChI is InChI=1S/C35H64O5Si2/c1-13-35(24-19-25-35)31(40-42(11,12)34(5,6)7)22-18-21-28-27(20-16-14-15-17-23-32(37)38-8)29(36)26-30(28)39-41(9,10)33(2,3)4/h14,16,18,21,27-28,30-31H,13,15,17,19-20,22-26H2,1-12H3/b16-14-,21-18+/t27-,28-,30+,31?/m1/s1. The molecule has 2 aliphatic rings. The van der Waals surface area contributed by atoms with Gasteiger partial charge >= 0.3 is 5.97 Å². The fourth-order valence-electron chi connectivity index (χ4n) is 5.86. The summed E-state index contributed by atoms with van der Waals surface area (Å²) in [6.07, 6.45) is 18.1. The monoisotopic (exact) mass is 620 g/mol. The molecule has 0 aromatic heterocycles. The van der Waals surface area contributed by atoms with Crippen molar-refractivity contribution in [1.82, 2.24) is 0 Å². The first-order chi connectivity index (χ1) is 19.3. The third-order valence-corrected chi connectivity index (χ3v) is 20.2. The Bertz CT molecular complexity index is 944. The lowest BCUT2D eigenvalue weighted by Gasteiger charge is -2.51. The molecule has 0 heterocycles. The number of methoxy groups -OCH3 is 1. The topological polar surface area (TPSA) is 61.8 Å². The van der Waals surface area contributed by atoms with Crippen molar-refractivity contribution >= 4 is 28.4 Å². The van der Waals surface area contributed by atoms with E-state index in [1.807, 2.05) is 0 Å². The van der Waals surface area contributed by atoms with Crippen molar-refractivity contribution in [2.45, 2.75) is 161 Å². The van der Waals surface area contributed by atoms with E-state index in [4.69, 9.17) is 13.6 Å². The van der Waals surface area contributed by atoms with E-state index in [1.165, 1.54) is 26.4 Å². The van der Waals surface area contributed by atoms with Crippen LogP contribution >= 0.6 is 0 Å². The predicted molar refractivity (Wildman–Crippen MR) is 181 cm³/mol. The normalized spacial score (nSPS) is 24.4. The highest BCUT2D eigenvalue weighted by Crippen LogP contribution is 2.51. The van der Waals surface area contributed by atoms with Gasteiger partial charge in [-0.3, -0.25) is 9.59 Å². The Balaban J connectivity index is 2.27. The molecule has 0 N–H and O–H groups in total. The SMILES string of the molecule is CCC1(C(C/C=C/[C@H]2[C@@H](O[Si](C)(C)C(C)(C)C)CC(=O)[C@@H]2C/C=C\CCCC(=O)OC)O[Si](C)(C)C(C)(C)C)CCC1. The molecular weight excluding hydrogens is 557 g/mol. The maximum absolute atomic E-state index is 13.4. The van der Waals surface area contributed by atoms with Gasteiger partial charge in [-0.15, -0.1) is 0 Å². The molecule has 242 valence electrons. The number of hydrogen-bond donors (Lipinski definition) is 0. The van der Waals surface area contributed by atoms with Crippen LogP contribution in [0.25, 0.3) is 0 Å². The summed E-state index contributed by atoms with van der Waals surface area (Å²) in [6.45, 7) is 25.4. The number of hydrogen-bond acceptors (Lipinski definition) is 5. The predicted octanol–water partition coefficient (Wildman–Crippen LogP) is 9.79. The number of esters is 1. The molecule has 5 nitrogen and oxygen atoms in total. The number of allylic oxidation sites excluding steroid dienone is 2. The van der Waals surface area contributed by atoms with Crippen molar-refractivity contribution in [3.05, 3.63) is 24.3 Å². The fourth-order valence-corrected chi connectivity index (χ4v) is 8.62. The highest BCUT2D eigenvalue weighted by molar-refractivity contribution is 6.74. The molecule has 0 bridgehead atoms. The Morgan fingerprint density at radius 3 is 2.12 bits per heavy atom. The van der Waals surface area contributed by atoms with Crippen LogP contribution in [0.3, 0.4) is 0 Å². The maximum Gasteiger partial charge on any atom is 0.305 e. The van der Waals surface area contributed by atoms with Crippen LogP contribution in [0.2, 0.25) is 36.3 Å². The number of ketones is 1. The summed E-state index contributed by atoms with van der Waals surface area (Å²) < 4.78 is 18.8. The third-order valence-electron chi connectivity index (χ3n) is 11.2. The van der Waals surface area contributed by atoms with Crippen LogP contribution < -0.4 is 0 Å². The van der Waals surface area contributed by atoms with Crippen LogP contribution in [-0.4, -0.2) is 47.7 Å². The van der Waals surface area contributed by atoms with Crippen molar-refractivity contribution in [3.8, 4) is 0 Å². The van der Waals surface area contributed by atoms with Crippen molar-refractivity contribution in [1.29, 1.82) is 0 Å². The maximum atomic E-state index is 13.4. The van der Waals surface area contributed by atoms with Gasteiger partial charge in [-0.2, -0.15) is 0 Å². The summed E-state index contributed by atoms with van der Waals surface area (Å²) in [5.74, 6) is 0.133. The number of carbonyl (C=O) groups is 2. The Labute approximate surface area is 260 Å². The summed E-state index contributed by atoms with van der Waals surface area (Å²) in [7, 11) is -2.55. The smallest absolute Gasteiger partial charge is 0.305 e. The van der Waals surface area contributed by atoms with E-state index in [-0.39, 0.29) is 45.5 Å². The van der Waals surface area contributed by atoms with Gasteiger partial charge in [0.2, 0.25) is 0 Å². The second-order valence-corrected chi connectivity index (χ2v) is 25.6. The average molecular weight is 621 g/mol. The summed E-state index contributed by atoms with van der Waals surface area (Å²) in [5, 5.41) is 0.254. The quantitative estimate of drug-likeness (QED) is 0.0789. The first kappa shape index (κ1) is 37.2. The molecule has 0 radical (unpaired) electrons. The van der Waals surface area contributed by atoms with E-state index in [2.05, 4.69) is 99.0 Å². The van der Waals surface area contributed by atoms with Crippen LogP contribution in [0.1, 0.15) is 113 Å². The molecule has 0 saturated heterocycles. The lowest BCUT2D eigenvalue weighted by Crippen LogP contribution is -2.51. The number of Topliss-reactive ketones (excluding diaryl/α,β-unsaturated/α-hetero) is 1. The molecule has 4 atom stereocenters. The van der Waals surface area contributed by atoms with Crippen molar-refractivity contribution in [2.24, 2.45) is 17.3 Å². The zero-order valence-corrected chi connectivity index (χ0v) is 31.2. The molecule has 2 aliphatic carbocycles. The van der Waals surface area contributed by atoms with Gasteiger partial charge in [-0.1, -0.05) is 79.2 Å². The Morgan fingerprint density at radius 2 is 1.62 bits per heavy atom. The van der Waals surface area contributed by atoms with Crippen molar-refractivity contribution < 1.29 is 23.2 Å². The van der Waals surface area contributed by atoms with Gasteiger partial charge in [-0.05, 0) is 86.6 Å². The zero-order chi connectivity index (χ0) is 32.0. The summed E-state index contributed by atoms with van der Waals surface area (Å²) in [6, 6.07) is 0. The molecule has 0 aliphatic heterocycles. The largest absolute Gasteiger partial charge is 0.469 e. The first-order valence-corrected chi connectivity index (χ1v) is 22.4. The average Bonchev–Trinajstić information content (AvgIpc) is 3.12. The van der Waals surface area contributed by atoms with E-state index in [9.17, 15) is 9.59 Å². The second kappa shape index (κ2) is 14.8. The van der Waals surface area contributed by atoms with Crippen molar-refractivity contribution in [2.75, 3.05) is 7.11 Å². The molecule has 0 amide bonds. The second-order valence-electron chi connectivity index (χ2n) is 16.0. The van der Waals surface area contributed by atoms with E-state index in [0.717, 1.165) is 25.7 Å². The Hall–Kier alpha value is -1.03. The van der Waals surface area contributed by atoms with Crippen LogP contribution in [0, 0.1) is 17.3 Å². The number of carbonyl (C=O) groups excluding carboxylic acids is 2. The molecule has 42 heavy (non-hydrogen) atoms. The molecule has 0 spiro atoms. The van der Waals surface area contributed by atoms with Gasteiger partial charge in [0, 0.05) is 24.7 Å². The van der Waals surface area contributed by atoms with Gasteiger partial charge in [0.15, 0.2) is 16.6 Å². The first-order valence-electron chi connectivity index (χ1n) is 16.6.